The molecule has 1 amide bonds. The van der Waals surface area contributed by atoms with Gasteiger partial charge in [0.2, 0.25) is 5.91 Å². The van der Waals surface area contributed by atoms with Gasteiger partial charge in [0.15, 0.2) is 0 Å². The summed E-state index contributed by atoms with van der Waals surface area (Å²) in [7, 11) is 0. The fourth-order valence-electron chi connectivity index (χ4n) is 5.25. The van der Waals surface area contributed by atoms with Crippen molar-refractivity contribution in [3.8, 4) is 0 Å². The molecule has 1 aromatic carbocycles. The van der Waals surface area contributed by atoms with Crippen molar-refractivity contribution in [1.82, 2.24) is 4.90 Å². The van der Waals surface area contributed by atoms with Crippen LogP contribution in [-0.4, -0.2) is 35.7 Å². The lowest BCUT2D eigenvalue weighted by Crippen LogP contribution is -2.44. The average Bonchev–Trinajstić information content (AvgIpc) is 3.13. The van der Waals surface area contributed by atoms with E-state index in [4.69, 9.17) is 0 Å². The van der Waals surface area contributed by atoms with Gasteiger partial charge in [-0.2, -0.15) is 0 Å². The summed E-state index contributed by atoms with van der Waals surface area (Å²) in [6, 6.07) is 6.90. The molecule has 1 atom stereocenters. The first kappa shape index (κ1) is 16.8. The summed E-state index contributed by atoms with van der Waals surface area (Å²) < 4.78 is 0. The fourth-order valence-corrected chi connectivity index (χ4v) is 5.25. The zero-order valence-corrected chi connectivity index (χ0v) is 15.3. The van der Waals surface area contributed by atoms with Gasteiger partial charge in [-0.15, -0.1) is 0 Å². The Labute approximate surface area is 150 Å². The van der Waals surface area contributed by atoms with Gasteiger partial charge in [0, 0.05) is 24.7 Å². The molecule has 1 spiro atoms. The van der Waals surface area contributed by atoms with Crippen molar-refractivity contribution in [2.45, 2.75) is 63.8 Å². The van der Waals surface area contributed by atoms with E-state index in [1.165, 1.54) is 11.1 Å². The number of ketones is 1. The number of amides is 1. The summed E-state index contributed by atoms with van der Waals surface area (Å²) in [6.45, 7) is 5.96. The van der Waals surface area contributed by atoms with Crippen molar-refractivity contribution in [3.63, 3.8) is 0 Å². The summed E-state index contributed by atoms with van der Waals surface area (Å²) in [6.07, 6.45) is 5.90. The molecule has 4 heteroatoms. The van der Waals surface area contributed by atoms with Gasteiger partial charge in [-0.05, 0) is 70.0 Å². The van der Waals surface area contributed by atoms with E-state index >= 15 is 0 Å². The second-order valence-electron chi connectivity index (χ2n) is 8.37. The molecule has 0 aromatic heterocycles. The van der Waals surface area contributed by atoms with Crippen molar-refractivity contribution >= 4 is 17.4 Å². The van der Waals surface area contributed by atoms with Crippen LogP contribution in [0.3, 0.4) is 0 Å². The van der Waals surface area contributed by atoms with Crippen LogP contribution in [0.4, 0.5) is 5.69 Å². The zero-order chi connectivity index (χ0) is 17.6. The van der Waals surface area contributed by atoms with Crippen LogP contribution in [0.1, 0.15) is 56.6 Å². The second-order valence-corrected chi connectivity index (χ2v) is 8.37. The van der Waals surface area contributed by atoms with E-state index < -0.39 is 0 Å². The first-order valence-corrected chi connectivity index (χ1v) is 9.64. The molecule has 1 aliphatic carbocycles. The van der Waals surface area contributed by atoms with E-state index in [1.807, 2.05) is 0 Å². The molecule has 25 heavy (non-hydrogen) atoms. The zero-order valence-electron chi connectivity index (χ0n) is 15.3. The normalized spacial score (nSPS) is 32.0. The maximum Gasteiger partial charge on any atom is 0.235 e. The number of hydrogen-bond donors (Lipinski definition) is 1. The lowest BCUT2D eigenvalue weighted by Gasteiger charge is -2.39. The molecule has 0 unspecified atom stereocenters. The number of anilines is 1. The molecule has 2 aliphatic heterocycles. The van der Waals surface area contributed by atoms with Gasteiger partial charge in [-0.25, -0.2) is 0 Å². The Morgan fingerprint density at radius 3 is 2.76 bits per heavy atom. The maximum absolute atomic E-state index is 12.8. The average molecular weight is 340 g/mol. The van der Waals surface area contributed by atoms with Crippen LogP contribution in [0.15, 0.2) is 18.2 Å². The van der Waals surface area contributed by atoms with Crippen molar-refractivity contribution in [3.05, 3.63) is 29.3 Å². The van der Waals surface area contributed by atoms with Crippen LogP contribution in [0.25, 0.3) is 0 Å². The fraction of sp³-hybridized carbons (Fsp3) is 0.619. The molecular weight excluding hydrogens is 312 g/mol. The first-order valence-electron chi connectivity index (χ1n) is 9.64. The highest BCUT2D eigenvalue weighted by molar-refractivity contribution is 6.06. The highest BCUT2D eigenvalue weighted by Crippen LogP contribution is 2.48. The van der Waals surface area contributed by atoms with E-state index in [-0.39, 0.29) is 11.3 Å². The minimum Gasteiger partial charge on any atom is -0.325 e. The van der Waals surface area contributed by atoms with Gasteiger partial charge in [0.05, 0.1) is 5.41 Å². The van der Waals surface area contributed by atoms with Gasteiger partial charge in [0.1, 0.15) is 5.78 Å². The molecule has 3 aliphatic rings. The Bertz CT molecular complexity index is 704. The van der Waals surface area contributed by atoms with Crippen molar-refractivity contribution < 1.29 is 9.59 Å². The molecule has 0 radical (unpaired) electrons. The molecule has 2 heterocycles. The van der Waals surface area contributed by atoms with Gasteiger partial charge in [-0.1, -0.05) is 17.7 Å². The number of hydrogen-bond acceptors (Lipinski definition) is 3. The first-order chi connectivity index (χ1) is 12.0. The Morgan fingerprint density at radius 1 is 1.28 bits per heavy atom. The third-order valence-electron chi connectivity index (χ3n) is 6.59. The molecule has 1 aromatic rings. The van der Waals surface area contributed by atoms with Gasteiger partial charge < -0.3 is 15.0 Å². The molecule has 1 N–H and O–H groups in total. The third kappa shape index (κ3) is 2.91. The highest BCUT2D eigenvalue weighted by Gasteiger charge is 2.49. The van der Waals surface area contributed by atoms with Crippen LogP contribution < -0.4 is 5.32 Å². The highest BCUT2D eigenvalue weighted by atomic mass is 16.2. The van der Waals surface area contributed by atoms with Crippen molar-refractivity contribution in [2.75, 3.05) is 18.4 Å². The third-order valence-corrected chi connectivity index (χ3v) is 6.59. The minimum atomic E-state index is -0.309. The van der Waals surface area contributed by atoms with E-state index in [2.05, 4.69) is 35.3 Å². The molecule has 0 bridgehead atoms. The molecule has 1 saturated carbocycles. The minimum absolute atomic E-state index is 0.197. The van der Waals surface area contributed by atoms with Crippen LogP contribution in [0, 0.1) is 12.8 Å². The van der Waals surface area contributed by atoms with Gasteiger partial charge in [-0.3, -0.25) is 4.79 Å². The van der Waals surface area contributed by atoms with E-state index in [0.29, 0.717) is 17.7 Å². The number of nitrogens with one attached hydrogen (secondary N) is 1. The lowest BCUT2D eigenvalue weighted by molar-refractivity contribution is -0.122. The van der Waals surface area contributed by atoms with Crippen LogP contribution in [0.5, 0.6) is 0 Å². The molecular formula is C21H28N2O2. The van der Waals surface area contributed by atoms with Crippen molar-refractivity contribution in [2.24, 2.45) is 5.92 Å². The molecule has 134 valence electrons. The predicted molar refractivity (Wildman–Crippen MR) is 98.7 cm³/mol. The Kier molecular flexibility index (Phi) is 4.19. The smallest absolute Gasteiger partial charge is 0.235 e. The van der Waals surface area contributed by atoms with Crippen LogP contribution >= 0.6 is 0 Å². The number of fused-ring (bicyclic) bond motifs is 2. The number of carbonyl (C=O) groups excluding carboxylic acids is 2. The van der Waals surface area contributed by atoms with Crippen LogP contribution in [-0.2, 0) is 15.0 Å². The number of Topliss-reactive ketones (excluding diaryl/α,β-unsaturated/α-hetero) is 1. The number of benzene rings is 1. The van der Waals surface area contributed by atoms with Gasteiger partial charge >= 0.3 is 0 Å². The lowest BCUT2D eigenvalue weighted by atomic mass is 9.68. The Morgan fingerprint density at radius 2 is 2.04 bits per heavy atom. The molecule has 4 rings (SSSR count). The number of nitrogens with zero attached hydrogens (tertiary/aromatic N) is 1. The Hall–Kier alpha value is -1.68. The van der Waals surface area contributed by atoms with E-state index in [1.54, 1.807) is 6.92 Å². The van der Waals surface area contributed by atoms with E-state index in [0.717, 1.165) is 57.3 Å². The summed E-state index contributed by atoms with van der Waals surface area (Å²) >= 11 is 0. The van der Waals surface area contributed by atoms with Crippen LogP contribution in [0.2, 0.25) is 0 Å². The predicted octanol–water partition coefficient (Wildman–Crippen LogP) is 3.43. The van der Waals surface area contributed by atoms with Crippen molar-refractivity contribution in [1.29, 1.82) is 0 Å². The molecule has 2 fully saturated rings. The summed E-state index contributed by atoms with van der Waals surface area (Å²) in [5.74, 6) is 1.04. The molecule has 1 saturated heterocycles. The van der Waals surface area contributed by atoms with Gasteiger partial charge in [0.25, 0.3) is 0 Å². The summed E-state index contributed by atoms with van der Waals surface area (Å²) in [4.78, 5) is 26.7. The topological polar surface area (TPSA) is 49.4 Å². The number of carbonyl (C=O) groups is 2. The maximum atomic E-state index is 12.8. The molecule has 4 nitrogen and oxygen atoms in total. The standard InChI is InChI=1S/C21H28N2O2/c1-14-3-4-19-18(11-14)21(20(25)22-19)8-5-17(6-9-21)23-10-7-16(13-23)12-15(2)24/h3-4,11,16-17H,5-10,12-13H2,1-2H3,(H,22,25)/t16-,17?,21?/m1/s1. The number of likely N-dealkylation sites (tertiary alicyclic amines) is 1. The summed E-state index contributed by atoms with van der Waals surface area (Å²) in [5, 5.41) is 3.11. The monoisotopic (exact) mass is 340 g/mol. The Balaban J connectivity index is 1.45. The second kappa shape index (κ2) is 6.24. The number of aryl methyl sites for hydroxylation is 1. The van der Waals surface area contributed by atoms with E-state index in [9.17, 15) is 9.59 Å². The number of rotatable bonds is 3. The quantitative estimate of drug-likeness (QED) is 0.917. The summed E-state index contributed by atoms with van der Waals surface area (Å²) in [5.41, 5.74) is 3.14. The SMILES string of the molecule is CC(=O)C[C@H]1CCN(C2CCC3(CC2)C(=O)Nc2ccc(C)cc23)C1. The largest absolute Gasteiger partial charge is 0.325 e.